The van der Waals surface area contributed by atoms with Crippen molar-refractivity contribution in [3.63, 3.8) is 0 Å². The van der Waals surface area contributed by atoms with Gasteiger partial charge in [0.25, 0.3) is 0 Å². The summed E-state index contributed by atoms with van der Waals surface area (Å²) in [6.07, 6.45) is 0. The minimum absolute atomic E-state index is 0.822. The molecule has 4 heteroatoms. The number of hydrogen-bond donors (Lipinski definition) is 0. The van der Waals surface area contributed by atoms with Gasteiger partial charge < -0.3 is 9.16 Å². The molecule has 0 spiro atoms. The molecule has 0 saturated heterocycles. The number of benzene rings is 1. The van der Waals surface area contributed by atoms with Crippen LogP contribution in [0.5, 0.6) is 5.75 Å². The average Bonchev–Trinajstić information content (AvgIpc) is 2.27. The molecule has 0 fully saturated rings. The Morgan fingerprint density at radius 1 is 1.19 bits per heavy atom. The van der Waals surface area contributed by atoms with Crippen molar-refractivity contribution in [3.05, 3.63) is 24.3 Å². The van der Waals surface area contributed by atoms with Gasteiger partial charge in [-0.2, -0.15) is 0 Å². The van der Waals surface area contributed by atoms with Crippen LogP contribution in [0.1, 0.15) is 6.92 Å². The first-order valence-electron chi connectivity index (χ1n) is 5.48. The summed E-state index contributed by atoms with van der Waals surface area (Å²) in [6.45, 7) is 7.40. The van der Waals surface area contributed by atoms with Crippen molar-refractivity contribution in [2.45, 2.75) is 24.9 Å². The van der Waals surface area contributed by atoms with Gasteiger partial charge in [-0.05, 0) is 44.3 Å². The van der Waals surface area contributed by atoms with E-state index in [0.29, 0.717) is 0 Å². The summed E-state index contributed by atoms with van der Waals surface area (Å²) < 4.78 is 10.9. The van der Waals surface area contributed by atoms with Crippen molar-refractivity contribution in [2.75, 3.05) is 19.1 Å². The zero-order chi connectivity index (χ0) is 12.0. The summed E-state index contributed by atoms with van der Waals surface area (Å²) in [5, 5.41) is 1.09. The molecule has 0 heterocycles. The molecule has 16 heavy (non-hydrogen) atoms. The van der Waals surface area contributed by atoms with Crippen LogP contribution >= 0.6 is 11.8 Å². The predicted molar refractivity (Wildman–Crippen MR) is 72.8 cm³/mol. The van der Waals surface area contributed by atoms with Crippen LogP contribution in [0.3, 0.4) is 0 Å². The molecule has 0 N–H and O–H groups in total. The predicted octanol–water partition coefficient (Wildman–Crippen LogP) is 3.57. The molecule has 0 unspecified atom stereocenters. The van der Waals surface area contributed by atoms with E-state index >= 15 is 0 Å². The first-order valence-corrected chi connectivity index (χ1v) is 9.58. The Morgan fingerprint density at radius 3 is 2.31 bits per heavy atom. The van der Waals surface area contributed by atoms with Crippen molar-refractivity contribution in [3.8, 4) is 5.75 Å². The van der Waals surface area contributed by atoms with Crippen LogP contribution in [0, 0.1) is 0 Å². The highest BCUT2D eigenvalue weighted by molar-refractivity contribution is 8.00. The van der Waals surface area contributed by atoms with Gasteiger partial charge in [0.2, 0.25) is 0 Å². The van der Waals surface area contributed by atoms with E-state index in [1.165, 1.54) is 4.90 Å². The number of thioether (sulfide) groups is 1. The zero-order valence-electron chi connectivity index (χ0n) is 10.4. The first kappa shape index (κ1) is 13.6. The van der Waals surface area contributed by atoms with E-state index in [0.717, 1.165) is 17.7 Å². The molecule has 0 saturated carbocycles. The van der Waals surface area contributed by atoms with Crippen LogP contribution in [0.15, 0.2) is 29.2 Å². The minimum Gasteiger partial charge on any atom is -0.497 e. The van der Waals surface area contributed by atoms with Crippen molar-refractivity contribution >= 4 is 20.1 Å². The second-order valence-electron chi connectivity index (χ2n) is 4.16. The number of methoxy groups -OCH3 is 1. The van der Waals surface area contributed by atoms with Crippen LogP contribution in [-0.4, -0.2) is 27.4 Å². The second-order valence-corrected chi connectivity index (χ2v) is 9.88. The molecule has 0 bridgehead atoms. The summed E-state index contributed by atoms with van der Waals surface area (Å²) in [5.74, 6) is 0.908. The van der Waals surface area contributed by atoms with E-state index in [9.17, 15) is 0 Å². The lowest BCUT2D eigenvalue weighted by Crippen LogP contribution is -2.33. The maximum absolute atomic E-state index is 5.79. The Bertz CT molecular complexity index is 311. The Balaban J connectivity index is 2.48. The molecule has 1 aromatic rings. The van der Waals surface area contributed by atoms with Gasteiger partial charge in [-0.15, -0.1) is 11.8 Å². The summed E-state index contributed by atoms with van der Waals surface area (Å²) in [4.78, 5) is 1.28. The largest absolute Gasteiger partial charge is 0.497 e. The lowest BCUT2D eigenvalue weighted by molar-refractivity contribution is 0.334. The molecule has 1 aromatic carbocycles. The van der Waals surface area contributed by atoms with Crippen molar-refractivity contribution in [1.29, 1.82) is 0 Å². The first-order chi connectivity index (χ1) is 7.57. The molecule has 0 aliphatic rings. The third-order valence-corrected chi connectivity index (χ3v) is 7.21. The summed E-state index contributed by atoms with van der Waals surface area (Å²) in [7, 11) is 0.211. The standard InChI is InChI=1S/C12H20O2SSi/c1-5-14-16(3,4)10-15-12-8-6-11(13-2)7-9-12/h6-9H,5,10H2,1-4H3. The highest BCUT2D eigenvalue weighted by Gasteiger charge is 2.21. The fraction of sp³-hybridized carbons (Fsp3) is 0.500. The van der Waals surface area contributed by atoms with Gasteiger partial charge in [-0.25, -0.2) is 0 Å². The molecule has 0 atom stereocenters. The smallest absolute Gasteiger partial charge is 0.196 e. The van der Waals surface area contributed by atoms with Gasteiger partial charge in [0.15, 0.2) is 8.32 Å². The Hall–Kier alpha value is -0.453. The summed E-state index contributed by atoms with van der Waals surface area (Å²) in [6, 6.07) is 8.19. The fourth-order valence-corrected chi connectivity index (χ4v) is 4.86. The SMILES string of the molecule is CCO[Si](C)(C)CSc1ccc(OC)cc1. The Kier molecular flexibility index (Phi) is 5.38. The molecule has 0 aromatic heterocycles. The molecule has 0 aliphatic carbocycles. The topological polar surface area (TPSA) is 18.5 Å². The van der Waals surface area contributed by atoms with E-state index < -0.39 is 8.32 Å². The Morgan fingerprint density at radius 2 is 1.81 bits per heavy atom. The molecule has 1 rings (SSSR count). The van der Waals surface area contributed by atoms with Crippen molar-refractivity contribution in [2.24, 2.45) is 0 Å². The highest BCUT2D eigenvalue weighted by atomic mass is 32.2. The zero-order valence-corrected chi connectivity index (χ0v) is 12.3. The molecular formula is C12H20O2SSi. The molecule has 0 radical (unpaired) electrons. The van der Waals surface area contributed by atoms with Gasteiger partial charge in [0.1, 0.15) is 5.75 Å². The van der Waals surface area contributed by atoms with Gasteiger partial charge in [0, 0.05) is 16.9 Å². The molecule has 2 nitrogen and oxygen atoms in total. The number of hydrogen-bond acceptors (Lipinski definition) is 3. The second kappa shape index (κ2) is 6.32. The van der Waals surface area contributed by atoms with Gasteiger partial charge in [-0.3, -0.25) is 0 Å². The molecular weight excluding hydrogens is 236 g/mol. The van der Waals surface area contributed by atoms with Gasteiger partial charge in [-0.1, -0.05) is 0 Å². The van der Waals surface area contributed by atoms with E-state index in [1.807, 2.05) is 23.9 Å². The van der Waals surface area contributed by atoms with Crippen molar-refractivity contribution in [1.82, 2.24) is 0 Å². The third kappa shape index (κ3) is 4.59. The summed E-state index contributed by atoms with van der Waals surface area (Å²) >= 11 is 1.87. The molecule has 90 valence electrons. The van der Waals surface area contributed by atoms with Crippen LogP contribution in [0.25, 0.3) is 0 Å². The summed E-state index contributed by atoms with van der Waals surface area (Å²) in [5.41, 5.74) is 0. The minimum atomic E-state index is -1.48. The van der Waals surface area contributed by atoms with Crippen LogP contribution < -0.4 is 4.74 Å². The van der Waals surface area contributed by atoms with E-state index in [-0.39, 0.29) is 0 Å². The van der Waals surface area contributed by atoms with Crippen LogP contribution in [0.2, 0.25) is 13.1 Å². The fourth-order valence-electron chi connectivity index (χ4n) is 1.36. The highest BCUT2D eigenvalue weighted by Crippen LogP contribution is 2.24. The van der Waals surface area contributed by atoms with E-state index in [4.69, 9.17) is 9.16 Å². The van der Waals surface area contributed by atoms with Crippen molar-refractivity contribution < 1.29 is 9.16 Å². The maximum Gasteiger partial charge on any atom is 0.196 e. The van der Waals surface area contributed by atoms with Gasteiger partial charge >= 0.3 is 0 Å². The third-order valence-electron chi connectivity index (χ3n) is 2.18. The quantitative estimate of drug-likeness (QED) is 0.572. The maximum atomic E-state index is 5.79. The lowest BCUT2D eigenvalue weighted by atomic mass is 10.3. The van der Waals surface area contributed by atoms with E-state index in [1.54, 1.807) is 7.11 Å². The van der Waals surface area contributed by atoms with E-state index in [2.05, 4.69) is 32.2 Å². The average molecular weight is 256 g/mol. The van der Waals surface area contributed by atoms with Gasteiger partial charge in [0.05, 0.1) is 7.11 Å². The monoisotopic (exact) mass is 256 g/mol. The molecule has 0 amide bonds. The normalized spacial score (nSPS) is 11.5. The number of rotatable bonds is 6. The lowest BCUT2D eigenvalue weighted by Gasteiger charge is -2.21. The molecule has 0 aliphatic heterocycles. The van der Waals surface area contributed by atoms with Crippen LogP contribution in [0.4, 0.5) is 0 Å². The Labute approximate surface area is 103 Å². The number of ether oxygens (including phenoxy) is 1. The van der Waals surface area contributed by atoms with Crippen LogP contribution in [-0.2, 0) is 4.43 Å².